The third-order valence-electron chi connectivity index (χ3n) is 4.70. The van der Waals surface area contributed by atoms with Gasteiger partial charge in [0, 0.05) is 19.6 Å². The van der Waals surface area contributed by atoms with E-state index in [1.165, 1.54) is 6.07 Å². The summed E-state index contributed by atoms with van der Waals surface area (Å²) in [5, 5.41) is 7.34. The van der Waals surface area contributed by atoms with Gasteiger partial charge in [-0.25, -0.2) is 0 Å². The van der Waals surface area contributed by atoms with Gasteiger partial charge in [-0.05, 0) is 32.5 Å². The van der Waals surface area contributed by atoms with E-state index in [1.54, 1.807) is 19.9 Å². The third-order valence-corrected chi connectivity index (χ3v) is 4.70. The largest absolute Gasteiger partial charge is 0.416 e. The SMILES string of the molecule is CN1CCNCC1c1noc(C(C)(C)c2cccc(C(F)(F)F)c2)n1. The van der Waals surface area contributed by atoms with Gasteiger partial charge in [-0.2, -0.15) is 18.2 Å². The van der Waals surface area contributed by atoms with Crippen LogP contribution >= 0.6 is 0 Å². The van der Waals surface area contributed by atoms with Gasteiger partial charge >= 0.3 is 6.18 Å². The zero-order valence-corrected chi connectivity index (χ0v) is 14.4. The second kappa shape index (κ2) is 6.42. The normalized spacial score (nSPS) is 20.0. The molecule has 1 atom stereocenters. The molecule has 0 bridgehead atoms. The summed E-state index contributed by atoms with van der Waals surface area (Å²) in [6, 6.07) is 5.23. The fourth-order valence-electron chi connectivity index (χ4n) is 2.93. The maximum absolute atomic E-state index is 13.0. The van der Waals surface area contributed by atoms with Gasteiger partial charge in [0.1, 0.15) is 0 Å². The molecule has 1 aromatic carbocycles. The van der Waals surface area contributed by atoms with Gasteiger partial charge in [-0.1, -0.05) is 23.4 Å². The third kappa shape index (κ3) is 3.55. The standard InChI is InChI=1S/C17H21F3N4O/c1-16(2,11-5-4-6-12(9-11)17(18,19)20)15-22-14(23-25-15)13-10-21-7-8-24(13)3/h4-6,9,13,21H,7-8,10H2,1-3H3. The van der Waals surface area contributed by atoms with Gasteiger partial charge in [0.25, 0.3) is 0 Å². The van der Waals surface area contributed by atoms with Gasteiger partial charge in [-0.15, -0.1) is 0 Å². The summed E-state index contributed by atoms with van der Waals surface area (Å²) in [5.74, 6) is 0.852. The summed E-state index contributed by atoms with van der Waals surface area (Å²) >= 11 is 0. The molecule has 8 heteroatoms. The van der Waals surface area contributed by atoms with Gasteiger partial charge < -0.3 is 9.84 Å². The van der Waals surface area contributed by atoms with E-state index < -0.39 is 17.2 Å². The minimum atomic E-state index is -4.39. The summed E-state index contributed by atoms with van der Waals surface area (Å²) < 4.78 is 44.4. The smallest absolute Gasteiger partial charge is 0.338 e. The summed E-state index contributed by atoms with van der Waals surface area (Å²) in [4.78, 5) is 6.61. The van der Waals surface area contributed by atoms with Crippen LogP contribution in [-0.2, 0) is 11.6 Å². The lowest BCUT2D eigenvalue weighted by Gasteiger charge is -2.30. The Labute approximate surface area is 144 Å². The van der Waals surface area contributed by atoms with Crippen LogP contribution in [0.3, 0.4) is 0 Å². The minimum absolute atomic E-state index is 0.0106. The Morgan fingerprint density at radius 3 is 2.64 bits per heavy atom. The molecule has 2 heterocycles. The van der Waals surface area contributed by atoms with E-state index in [0.29, 0.717) is 23.8 Å². The Balaban J connectivity index is 1.90. The Morgan fingerprint density at radius 2 is 1.96 bits per heavy atom. The van der Waals surface area contributed by atoms with Crippen molar-refractivity contribution in [2.24, 2.45) is 0 Å². The minimum Gasteiger partial charge on any atom is -0.338 e. The van der Waals surface area contributed by atoms with E-state index >= 15 is 0 Å². The van der Waals surface area contributed by atoms with Crippen LogP contribution in [0.4, 0.5) is 13.2 Å². The number of nitrogens with one attached hydrogen (secondary N) is 1. The van der Waals surface area contributed by atoms with Crippen LogP contribution in [0.1, 0.15) is 42.7 Å². The van der Waals surface area contributed by atoms with Crippen molar-refractivity contribution < 1.29 is 17.7 Å². The van der Waals surface area contributed by atoms with Crippen molar-refractivity contribution >= 4 is 0 Å². The van der Waals surface area contributed by atoms with E-state index in [4.69, 9.17) is 4.52 Å². The first kappa shape index (κ1) is 17.9. The number of likely N-dealkylation sites (N-methyl/N-ethyl adjacent to an activating group) is 1. The van der Waals surface area contributed by atoms with Gasteiger partial charge in [0.05, 0.1) is 17.0 Å². The average molecular weight is 354 g/mol. The highest BCUT2D eigenvalue weighted by Gasteiger charge is 2.36. The lowest BCUT2D eigenvalue weighted by molar-refractivity contribution is -0.137. The molecule has 1 saturated heterocycles. The molecule has 3 rings (SSSR count). The number of hydrogen-bond acceptors (Lipinski definition) is 5. The monoisotopic (exact) mass is 354 g/mol. The number of halogens is 3. The predicted octanol–water partition coefficient (Wildman–Crippen LogP) is 2.99. The second-order valence-corrected chi connectivity index (χ2v) is 6.86. The second-order valence-electron chi connectivity index (χ2n) is 6.86. The molecule has 0 radical (unpaired) electrons. The molecular formula is C17H21F3N4O. The number of benzene rings is 1. The highest BCUT2D eigenvalue weighted by Crippen LogP contribution is 2.35. The average Bonchev–Trinajstić information content (AvgIpc) is 3.05. The first-order valence-corrected chi connectivity index (χ1v) is 8.12. The van der Waals surface area contributed by atoms with Crippen LogP contribution in [0.15, 0.2) is 28.8 Å². The molecule has 1 aromatic heterocycles. The zero-order chi connectivity index (χ0) is 18.2. The number of piperazine rings is 1. The van der Waals surface area contributed by atoms with Crippen molar-refractivity contribution in [1.29, 1.82) is 0 Å². The van der Waals surface area contributed by atoms with Crippen LogP contribution in [-0.4, -0.2) is 41.7 Å². The molecule has 0 saturated carbocycles. The maximum atomic E-state index is 13.0. The molecule has 0 spiro atoms. The van der Waals surface area contributed by atoms with Gasteiger partial charge in [-0.3, -0.25) is 4.90 Å². The van der Waals surface area contributed by atoms with E-state index in [1.807, 2.05) is 7.05 Å². The quantitative estimate of drug-likeness (QED) is 0.918. The van der Waals surface area contributed by atoms with Gasteiger partial charge in [0.2, 0.25) is 5.89 Å². The molecule has 1 aliphatic heterocycles. The molecule has 0 amide bonds. The van der Waals surface area contributed by atoms with Crippen molar-refractivity contribution in [3.8, 4) is 0 Å². The molecule has 2 aromatic rings. The first-order valence-electron chi connectivity index (χ1n) is 8.12. The highest BCUT2D eigenvalue weighted by molar-refractivity contribution is 5.34. The number of hydrogen-bond donors (Lipinski definition) is 1. The van der Waals surface area contributed by atoms with E-state index in [9.17, 15) is 13.2 Å². The van der Waals surface area contributed by atoms with Crippen LogP contribution in [0.5, 0.6) is 0 Å². The summed E-state index contributed by atoms with van der Waals surface area (Å²) in [6.07, 6.45) is -4.39. The number of nitrogens with zero attached hydrogens (tertiary/aromatic N) is 3. The molecule has 0 aliphatic carbocycles. The van der Waals surface area contributed by atoms with Crippen molar-refractivity contribution in [3.05, 3.63) is 47.1 Å². The molecule has 25 heavy (non-hydrogen) atoms. The van der Waals surface area contributed by atoms with E-state index in [-0.39, 0.29) is 6.04 Å². The molecule has 1 unspecified atom stereocenters. The van der Waals surface area contributed by atoms with Crippen molar-refractivity contribution in [2.75, 3.05) is 26.7 Å². The lowest BCUT2D eigenvalue weighted by Crippen LogP contribution is -2.44. The Bertz CT molecular complexity index is 741. The van der Waals surface area contributed by atoms with Gasteiger partial charge in [0.15, 0.2) is 5.82 Å². The molecule has 1 aliphatic rings. The topological polar surface area (TPSA) is 54.2 Å². The summed E-state index contributed by atoms with van der Waals surface area (Å²) in [6.45, 7) is 6.03. The van der Waals surface area contributed by atoms with Crippen LogP contribution in [0, 0.1) is 0 Å². The molecule has 1 N–H and O–H groups in total. The first-order chi connectivity index (χ1) is 11.7. The van der Waals surface area contributed by atoms with Crippen LogP contribution in [0.25, 0.3) is 0 Å². The Morgan fingerprint density at radius 1 is 1.24 bits per heavy atom. The number of rotatable bonds is 3. The Kier molecular flexibility index (Phi) is 4.59. The molecule has 1 fully saturated rings. The fourth-order valence-corrected chi connectivity index (χ4v) is 2.93. The fraction of sp³-hybridized carbons (Fsp3) is 0.529. The van der Waals surface area contributed by atoms with E-state index in [0.717, 1.165) is 25.2 Å². The summed E-state index contributed by atoms with van der Waals surface area (Å²) in [5.41, 5.74) is -1.03. The zero-order valence-electron chi connectivity index (χ0n) is 14.4. The van der Waals surface area contributed by atoms with Crippen LogP contribution in [0.2, 0.25) is 0 Å². The Hall–Kier alpha value is -1.93. The number of aromatic nitrogens is 2. The van der Waals surface area contributed by atoms with Crippen LogP contribution < -0.4 is 5.32 Å². The van der Waals surface area contributed by atoms with Crippen molar-refractivity contribution in [1.82, 2.24) is 20.4 Å². The highest BCUT2D eigenvalue weighted by atomic mass is 19.4. The molecule has 5 nitrogen and oxygen atoms in total. The maximum Gasteiger partial charge on any atom is 0.416 e. The molecule has 136 valence electrons. The predicted molar refractivity (Wildman–Crippen MR) is 86.1 cm³/mol. The van der Waals surface area contributed by atoms with Crippen molar-refractivity contribution in [2.45, 2.75) is 31.5 Å². The van der Waals surface area contributed by atoms with E-state index in [2.05, 4.69) is 20.4 Å². The van der Waals surface area contributed by atoms with Crippen molar-refractivity contribution in [3.63, 3.8) is 0 Å². The summed E-state index contributed by atoms with van der Waals surface area (Å²) in [7, 11) is 1.99. The molecular weight excluding hydrogens is 333 g/mol. The lowest BCUT2D eigenvalue weighted by atomic mass is 9.83. The number of alkyl halides is 3.